The molecule has 0 N–H and O–H groups in total. The summed E-state index contributed by atoms with van der Waals surface area (Å²) in [5.41, 5.74) is 2.59. The van der Waals surface area contributed by atoms with E-state index in [2.05, 4.69) is 36.4 Å². The first-order valence-electron chi connectivity index (χ1n) is 9.85. The molecule has 0 aromatic heterocycles. The molecule has 3 heterocycles. The van der Waals surface area contributed by atoms with Gasteiger partial charge in [-0.2, -0.15) is 0 Å². The van der Waals surface area contributed by atoms with Gasteiger partial charge >= 0.3 is 171 Å². The topological polar surface area (TPSA) is 36.9 Å². The van der Waals surface area contributed by atoms with Crippen LogP contribution in [0.5, 0.6) is 11.5 Å². The summed E-state index contributed by atoms with van der Waals surface area (Å²) in [6.07, 6.45) is 6.35. The maximum absolute atomic E-state index is 6.09. The molecule has 0 aliphatic carbocycles. The standard InChI is InChI=1S/C22H24IO4/c1-3-11-24-21(5-1)26-15-7-9-19-17(13-15)18-14-16(8-10-20(18)23-19)27-22-6-2-4-12-25-22/h7-10,13-14,21-22H,1-6,11-12H2/q-1. The average molecular weight is 479 g/mol. The van der Waals surface area contributed by atoms with Crippen molar-refractivity contribution < 1.29 is 40.2 Å². The number of benzene rings is 2. The van der Waals surface area contributed by atoms with Gasteiger partial charge in [-0.05, 0) is 0 Å². The zero-order valence-electron chi connectivity index (χ0n) is 15.3. The summed E-state index contributed by atoms with van der Waals surface area (Å²) in [7, 11) is 0. The van der Waals surface area contributed by atoms with Gasteiger partial charge in [0.2, 0.25) is 0 Å². The Hall–Kier alpha value is -1.31. The van der Waals surface area contributed by atoms with Gasteiger partial charge in [-0.1, -0.05) is 0 Å². The van der Waals surface area contributed by atoms with Gasteiger partial charge in [0, 0.05) is 0 Å². The fraction of sp³-hybridized carbons (Fsp3) is 0.455. The van der Waals surface area contributed by atoms with Crippen molar-refractivity contribution in [3.8, 4) is 22.6 Å². The predicted molar refractivity (Wildman–Crippen MR) is 97.7 cm³/mol. The molecule has 0 radical (unpaired) electrons. The van der Waals surface area contributed by atoms with Crippen LogP contribution in [0.4, 0.5) is 0 Å². The molecule has 0 spiro atoms. The number of fused-ring (bicyclic) bond motifs is 3. The van der Waals surface area contributed by atoms with Crippen LogP contribution in [0.3, 0.4) is 0 Å². The molecule has 2 aromatic rings. The Morgan fingerprint density at radius 3 is 1.67 bits per heavy atom. The van der Waals surface area contributed by atoms with E-state index in [0.717, 1.165) is 50.4 Å². The molecule has 2 unspecified atom stereocenters. The van der Waals surface area contributed by atoms with Crippen molar-refractivity contribution in [2.45, 2.75) is 51.1 Å². The molecule has 2 atom stereocenters. The number of halogens is 1. The monoisotopic (exact) mass is 479 g/mol. The number of ether oxygens (including phenoxy) is 4. The Morgan fingerprint density at radius 1 is 0.704 bits per heavy atom. The van der Waals surface area contributed by atoms with Gasteiger partial charge in [0.05, 0.1) is 0 Å². The molecule has 3 aliphatic rings. The van der Waals surface area contributed by atoms with E-state index in [4.69, 9.17) is 18.9 Å². The minimum atomic E-state index is -0.138. The van der Waals surface area contributed by atoms with Gasteiger partial charge < -0.3 is 0 Å². The van der Waals surface area contributed by atoms with Crippen molar-refractivity contribution >= 4 is 0 Å². The molecule has 27 heavy (non-hydrogen) atoms. The molecule has 0 saturated carbocycles. The number of rotatable bonds is 4. The first-order valence-corrected chi connectivity index (χ1v) is 12.0. The number of hydrogen-bond acceptors (Lipinski definition) is 4. The molecule has 144 valence electrons. The van der Waals surface area contributed by atoms with Crippen LogP contribution in [0.25, 0.3) is 11.1 Å². The molecule has 5 rings (SSSR count). The van der Waals surface area contributed by atoms with Gasteiger partial charge in [0.1, 0.15) is 0 Å². The molecule has 0 bridgehead atoms. The molecule has 2 fully saturated rings. The minimum absolute atomic E-state index is 0.106. The summed E-state index contributed by atoms with van der Waals surface area (Å²) < 4.78 is 26.5. The van der Waals surface area contributed by atoms with Crippen LogP contribution >= 0.6 is 0 Å². The van der Waals surface area contributed by atoms with E-state index in [1.165, 1.54) is 31.1 Å². The van der Waals surface area contributed by atoms with E-state index in [1.807, 2.05) is 0 Å². The van der Waals surface area contributed by atoms with E-state index in [-0.39, 0.29) is 33.8 Å². The summed E-state index contributed by atoms with van der Waals surface area (Å²) in [6.45, 7) is 1.60. The number of hydrogen-bond donors (Lipinski definition) is 0. The van der Waals surface area contributed by atoms with Gasteiger partial charge in [-0.15, -0.1) is 0 Å². The molecule has 2 saturated heterocycles. The Kier molecular flexibility index (Phi) is 5.25. The quantitative estimate of drug-likeness (QED) is 0.533. The van der Waals surface area contributed by atoms with Crippen LogP contribution in [0.15, 0.2) is 36.4 Å². The Balaban J connectivity index is 1.36. The van der Waals surface area contributed by atoms with E-state index in [1.54, 1.807) is 0 Å². The maximum atomic E-state index is 6.09. The summed E-state index contributed by atoms with van der Waals surface area (Å²) in [6, 6.07) is 13.0. The van der Waals surface area contributed by atoms with Crippen LogP contribution in [0.1, 0.15) is 38.5 Å². The van der Waals surface area contributed by atoms with E-state index in [0.29, 0.717) is 0 Å². The van der Waals surface area contributed by atoms with Crippen molar-refractivity contribution in [2.75, 3.05) is 13.2 Å². The first kappa shape index (κ1) is 17.8. The Bertz CT molecular complexity index is 742. The molecule has 0 amide bonds. The van der Waals surface area contributed by atoms with Crippen molar-refractivity contribution in [1.82, 2.24) is 0 Å². The zero-order valence-corrected chi connectivity index (χ0v) is 17.4. The Morgan fingerprint density at radius 2 is 1.22 bits per heavy atom. The van der Waals surface area contributed by atoms with Crippen molar-refractivity contribution in [1.29, 1.82) is 0 Å². The SMILES string of the molecule is c1cc2c(cc1OC1CCCCO1)-c1cc(OC3CCCCO3)ccc1[I-]2. The summed E-state index contributed by atoms with van der Waals surface area (Å²) >= 11 is -0.138. The average Bonchev–Trinajstić information content (AvgIpc) is 3.07. The van der Waals surface area contributed by atoms with Crippen LogP contribution < -0.4 is 30.7 Å². The first-order chi connectivity index (χ1) is 13.3. The van der Waals surface area contributed by atoms with Gasteiger partial charge in [0.15, 0.2) is 0 Å². The van der Waals surface area contributed by atoms with E-state index in [9.17, 15) is 0 Å². The van der Waals surface area contributed by atoms with Gasteiger partial charge in [-0.25, -0.2) is 0 Å². The van der Waals surface area contributed by atoms with Crippen LogP contribution in [0.2, 0.25) is 0 Å². The third kappa shape index (κ3) is 3.96. The summed E-state index contributed by atoms with van der Waals surface area (Å²) in [5, 5.41) is 0. The second-order valence-corrected chi connectivity index (χ2v) is 10.1. The molecule has 4 nitrogen and oxygen atoms in total. The molecular formula is C22H24IO4-. The predicted octanol–water partition coefficient (Wildman–Crippen LogP) is 1.61. The molecule has 5 heteroatoms. The summed E-state index contributed by atoms with van der Waals surface area (Å²) in [4.78, 5) is 0. The van der Waals surface area contributed by atoms with Crippen molar-refractivity contribution in [3.05, 3.63) is 43.5 Å². The summed E-state index contributed by atoms with van der Waals surface area (Å²) in [5.74, 6) is 1.80. The van der Waals surface area contributed by atoms with Crippen molar-refractivity contribution in [3.63, 3.8) is 0 Å². The Labute approximate surface area is 170 Å². The fourth-order valence-corrected chi connectivity index (χ4v) is 6.57. The second-order valence-electron chi connectivity index (χ2n) is 7.21. The van der Waals surface area contributed by atoms with Crippen molar-refractivity contribution in [2.24, 2.45) is 0 Å². The third-order valence-corrected chi connectivity index (χ3v) is 8.22. The molecule has 2 aromatic carbocycles. The zero-order chi connectivity index (χ0) is 18.1. The fourth-order valence-electron chi connectivity index (χ4n) is 3.75. The van der Waals surface area contributed by atoms with Crippen LogP contribution in [-0.2, 0) is 9.47 Å². The molecule has 3 aliphatic heterocycles. The van der Waals surface area contributed by atoms with E-state index < -0.39 is 0 Å². The van der Waals surface area contributed by atoms with Gasteiger partial charge in [-0.3, -0.25) is 0 Å². The third-order valence-electron chi connectivity index (χ3n) is 5.18. The molecular weight excluding hydrogens is 455 g/mol. The normalized spacial score (nSPS) is 24.4. The van der Waals surface area contributed by atoms with Crippen LogP contribution in [0, 0.1) is 7.14 Å². The van der Waals surface area contributed by atoms with Gasteiger partial charge in [0.25, 0.3) is 0 Å². The van der Waals surface area contributed by atoms with Crippen LogP contribution in [-0.4, -0.2) is 25.8 Å². The second kappa shape index (κ2) is 7.97. The van der Waals surface area contributed by atoms with E-state index >= 15 is 0 Å².